The average Bonchev–Trinajstić information content (AvgIpc) is 2.55. The minimum Gasteiger partial charge on any atom is -0.453 e. The highest BCUT2D eigenvalue weighted by Crippen LogP contribution is 2.23. The predicted molar refractivity (Wildman–Crippen MR) is 84.0 cm³/mol. The monoisotopic (exact) mass is 290 g/mol. The topological polar surface area (TPSA) is 60.4 Å². The first kappa shape index (κ1) is 12.6. The first-order valence-corrected chi connectivity index (χ1v) is 6.78. The molecule has 0 amide bonds. The predicted octanol–water partition coefficient (Wildman–Crippen LogP) is 3.57. The van der Waals surface area contributed by atoms with Gasteiger partial charge in [0, 0.05) is 12.1 Å². The van der Waals surface area contributed by atoms with Crippen molar-refractivity contribution in [2.45, 2.75) is 0 Å². The van der Waals surface area contributed by atoms with Crippen LogP contribution in [0.4, 0.5) is 0 Å². The van der Waals surface area contributed by atoms with E-state index in [9.17, 15) is 9.59 Å². The number of para-hydroxylation sites is 2. The lowest BCUT2D eigenvalue weighted by molar-refractivity contribution is 0.555. The van der Waals surface area contributed by atoms with Crippen LogP contribution in [0.25, 0.3) is 33.5 Å². The van der Waals surface area contributed by atoms with E-state index in [-0.39, 0.29) is 22.4 Å². The summed E-state index contributed by atoms with van der Waals surface area (Å²) in [5, 5.41) is 0.990. The lowest BCUT2D eigenvalue weighted by atomic mass is 10.2. The average molecular weight is 290 g/mol. The van der Waals surface area contributed by atoms with Gasteiger partial charge < -0.3 is 8.83 Å². The Kier molecular flexibility index (Phi) is 2.69. The van der Waals surface area contributed by atoms with Crippen LogP contribution in [0.5, 0.6) is 0 Å². The first-order chi connectivity index (χ1) is 10.7. The van der Waals surface area contributed by atoms with Crippen LogP contribution in [0.15, 0.2) is 79.1 Å². The molecule has 0 saturated heterocycles. The zero-order valence-corrected chi connectivity index (χ0v) is 11.4. The fourth-order valence-corrected chi connectivity index (χ4v) is 2.45. The second-order valence-corrected chi connectivity index (χ2v) is 4.94. The van der Waals surface area contributed by atoms with Gasteiger partial charge in [-0.1, -0.05) is 24.3 Å². The standard InChI is InChI=1S/C18H10O4/c19-13-9-17(21-15-7-3-1-5-11(13)15)18-10-14(20)12-6-2-4-8-16(12)22-18/h1-10H. The van der Waals surface area contributed by atoms with Crippen molar-refractivity contribution in [1.29, 1.82) is 0 Å². The van der Waals surface area contributed by atoms with Gasteiger partial charge in [0.25, 0.3) is 0 Å². The van der Waals surface area contributed by atoms with Gasteiger partial charge in [0.2, 0.25) is 0 Å². The molecule has 0 radical (unpaired) electrons. The molecule has 106 valence electrons. The van der Waals surface area contributed by atoms with Crippen LogP contribution in [0.3, 0.4) is 0 Å². The largest absolute Gasteiger partial charge is 0.453 e. The van der Waals surface area contributed by atoms with Gasteiger partial charge in [-0.15, -0.1) is 0 Å². The van der Waals surface area contributed by atoms with Crippen molar-refractivity contribution in [2.75, 3.05) is 0 Å². The van der Waals surface area contributed by atoms with Gasteiger partial charge in [0.1, 0.15) is 11.2 Å². The first-order valence-electron chi connectivity index (χ1n) is 6.78. The zero-order valence-electron chi connectivity index (χ0n) is 11.4. The second-order valence-electron chi connectivity index (χ2n) is 4.94. The SMILES string of the molecule is O=c1cc(-c2cc(=O)c3ccccc3o2)oc2ccccc12. The van der Waals surface area contributed by atoms with E-state index >= 15 is 0 Å². The molecule has 0 saturated carbocycles. The van der Waals surface area contributed by atoms with Gasteiger partial charge >= 0.3 is 0 Å². The van der Waals surface area contributed by atoms with E-state index in [0.29, 0.717) is 21.9 Å². The molecule has 2 aromatic carbocycles. The molecule has 0 aliphatic carbocycles. The van der Waals surface area contributed by atoms with Crippen LogP contribution >= 0.6 is 0 Å². The van der Waals surface area contributed by atoms with Crippen LogP contribution in [-0.4, -0.2) is 0 Å². The Bertz CT molecular complexity index is 1030. The Morgan fingerprint density at radius 3 is 1.45 bits per heavy atom. The van der Waals surface area contributed by atoms with Crippen molar-refractivity contribution in [3.8, 4) is 11.5 Å². The van der Waals surface area contributed by atoms with Gasteiger partial charge in [-0.3, -0.25) is 9.59 Å². The Hall–Kier alpha value is -3.14. The number of fused-ring (bicyclic) bond motifs is 2. The molecule has 2 heterocycles. The van der Waals surface area contributed by atoms with Crippen molar-refractivity contribution >= 4 is 21.9 Å². The van der Waals surface area contributed by atoms with Crippen molar-refractivity contribution in [3.63, 3.8) is 0 Å². The van der Waals surface area contributed by atoms with Gasteiger partial charge in [-0.2, -0.15) is 0 Å². The van der Waals surface area contributed by atoms with Crippen LogP contribution in [0.1, 0.15) is 0 Å². The summed E-state index contributed by atoms with van der Waals surface area (Å²) in [6.45, 7) is 0. The summed E-state index contributed by atoms with van der Waals surface area (Å²) in [6, 6.07) is 16.6. The number of benzene rings is 2. The third kappa shape index (κ3) is 1.93. The smallest absolute Gasteiger partial charge is 0.193 e. The lowest BCUT2D eigenvalue weighted by Crippen LogP contribution is -2.03. The quantitative estimate of drug-likeness (QED) is 0.537. The Balaban J connectivity index is 2.03. The van der Waals surface area contributed by atoms with Gasteiger partial charge in [0.15, 0.2) is 22.4 Å². The summed E-state index contributed by atoms with van der Waals surface area (Å²) in [4.78, 5) is 24.3. The van der Waals surface area contributed by atoms with Crippen LogP contribution in [-0.2, 0) is 0 Å². The summed E-state index contributed by atoms with van der Waals surface area (Å²) in [7, 11) is 0. The zero-order chi connectivity index (χ0) is 15.1. The third-order valence-electron chi connectivity index (χ3n) is 3.51. The van der Waals surface area contributed by atoms with Crippen molar-refractivity contribution in [2.24, 2.45) is 0 Å². The van der Waals surface area contributed by atoms with Crippen molar-refractivity contribution in [1.82, 2.24) is 0 Å². The van der Waals surface area contributed by atoms with E-state index in [0.717, 1.165) is 0 Å². The molecule has 0 unspecified atom stereocenters. The van der Waals surface area contributed by atoms with E-state index < -0.39 is 0 Å². The summed E-state index contributed by atoms with van der Waals surface area (Å²) in [5.74, 6) is 0.484. The molecule has 4 heteroatoms. The van der Waals surface area contributed by atoms with E-state index in [2.05, 4.69) is 0 Å². The second kappa shape index (κ2) is 4.70. The molecule has 22 heavy (non-hydrogen) atoms. The molecular formula is C18H10O4. The maximum Gasteiger partial charge on any atom is 0.193 e. The summed E-state index contributed by atoms with van der Waals surface area (Å²) < 4.78 is 11.4. The number of hydrogen-bond acceptors (Lipinski definition) is 4. The Morgan fingerprint density at radius 1 is 0.591 bits per heavy atom. The number of hydrogen-bond donors (Lipinski definition) is 0. The highest BCUT2D eigenvalue weighted by molar-refractivity contribution is 5.80. The third-order valence-corrected chi connectivity index (χ3v) is 3.51. The Morgan fingerprint density at radius 2 is 1.00 bits per heavy atom. The summed E-state index contributed by atoms with van der Waals surface area (Å²) >= 11 is 0. The Labute approximate surface area is 124 Å². The molecule has 0 aliphatic rings. The molecule has 0 aliphatic heterocycles. The van der Waals surface area contributed by atoms with E-state index in [1.165, 1.54) is 12.1 Å². The fourth-order valence-electron chi connectivity index (χ4n) is 2.45. The summed E-state index contributed by atoms with van der Waals surface area (Å²) in [5.41, 5.74) is 0.571. The molecule has 0 bridgehead atoms. The van der Waals surface area contributed by atoms with Gasteiger partial charge in [-0.25, -0.2) is 0 Å². The molecule has 0 spiro atoms. The van der Waals surface area contributed by atoms with Crippen molar-refractivity contribution < 1.29 is 8.83 Å². The van der Waals surface area contributed by atoms with Crippen LogP contribution in [0.2, 0.25) is 0 Å². The highest BCUT2D eigenvalue weighted by Gasteiger charge is 2.11. The minimum atomic E-state index is -0.173. The van der Waals surface area contributed by atoms with Gasteiger partial charge in [-0.05, 0) is 24.3 Å². The molecule has 4 rings (SSSR count). The molecular weight excluding hydrogens is 280 g/mol. The van der Waals surface area contributed by atoms with Gasteiger partial charge in [0.05, 0.1) is 10.8 Å². The summed E-state index contributed by atoms with van der Waals surface area (Å²) in [6.07, 6.45) is 0. The molecule has 4 nitrogen and oxygen atoms in total. The maximum absolute atomic E-state index is 12.1. The number of rotatable bonds is 1. The molecule has 0 N–H and O–H groups in total. The molecule has 0 atom stereocenters. The molecule has 4 aromatic rings. The van der Waals surface area contributed by atoms with E-state index in [1.54, 1.807) is 48.5 Å². The van der Waals surface area contributed by atoms with Crippen molar-refractivity contribution in [3.05, 3.63) is 81.1 Å². The fraction of sp³-hybridized carbons (Fsp3) is 0. The van der Waals surface area contributed by atoms with Crippen LogP contribution < -0.4 is 10.9 Å². The van der Waals surface area contributed by atoms with E-state index in [1.807, 2.05) is 0 Å². The minimum absolute atomic E-state index is 0.173. The molecule has 2 aromatic heterocycles. The maximum atomic E-state index is 12.1. The highest BCUT2D eigenvalue weighted by atomic mass is 16.4. The van der Waals surface area contributed by atoms with Crippen LogP contribution in [0, 0.1) is 0 Å². The lowest BCUT2D eigenvalue weighted by Gasteiger charge is -2.03. The van der Waals surface area contributed by atoms with E-state index in [4.69, 9.17) is 8.83 Å². The normalized spacial score (nSPS) is 11.1. The molecule has 0 fully saturated rings.